The van der Waals surface area contributed by atoms with E-state index in [9.17, 15) is 0 Å². The zero-order valence-corrected chi connectivity index (χ0v) is 10.9. The Morgan fingerprint density at radius 2 is 2.00 bits per heavy atom. The molecule has 0 aliphatic heterocycles. The number of alkyl halides is 1. The Balaban J connectivity index is 3.14. The molecule has 1 aromatic rings. The standard InChI is InChI=1S/C9H8Br2ClN/c1-6(3-12)2-7-8(10)4-13-5-9(7)11/h2,4-5H,3H2,1H3/b6-2+. The van der Waals surface area contributed by atoms with Crippen LogP contribution in [0.4, 0.5) is 0 Å². The molecule has 4 heteroatoms. The molecule has 0 amide bonds. The highest BCUT2D eigenvalue weighted by Gasteiger charge is 2.02. The maximum absolute atomic E-state index is 5.69. The van der Waals surface area contributed by atoms with Gasteiger partial charge >= 0.3 is 0 Å². The Labute approximate surface area is 99.5 Å². The third-order valence-electron chi connectivity index (χ3n) is 1.49. The maximum atomic E-state index is 5.69. The van der Waals surface area contributed by atoms with Gasteiger partial charge < -0.3 is 0 Å². The number of pyridine rings is 1. The van der Waals surface area contributed by atoms with E-state index in [0.717, 1.165) is 20.1 Å². The molecule has 0 radical (unpaired) electrons. The Morgan fingerprint density at radius 3 is 2.46 bits per heavy atom. The molecule has 0 aliphatic carbocycles. The molecule has 0 saturated carbocycles. The van der Waals surface area contributed by atoms with Crippen molar-refractivity contribution in [3.05, 3.63) is 32.5 Å². The average molecular weight is 325 g/mol. The second kappa shape index (κ2) is 5.13. The van der Waals surface area contributed by atoms with Crippen molar-refractivity contribution in [1.82, 2.24) is 4.98 Å². The summed E-state index contributed by atoms with van der Waals surface area (Å²) in [4.78, 5) is 4.02. The van der Waals surface area contributed by atoms with Gasteiger partial charge in [0.15, 0.2) is 0 Å². The van der Waals surface area contributed by atoms with E-state index in [1.54, 1.807) is 12.4 Å². The first-order chi connectivity index (χ1) is 6.15. The lowest BCUT2D eigenvalue weighted by molar-refractivity contribution is 1.27. The molecule has 70 valence electrons. The van der Waals surface area contributed by atoms with Gasteiger partial charge in [-0.05, 0) is 38.8 Å². The highest BCUT2D eigenvalue weighted by molar-refractivity contribution is 9.11. The number of hydrogen-bond donors (Lipinski definition) is 0. The van der Waals surface area contributed by atoms with Crippen molar-refractivity contribution >= 4 is 49.5 Å². The van der Waals surface area contributed by atoms with Crippen molar-refractivity contribution < 1.29 is 0 Å². The summed E-state index contributed by atoms with van der Waals surface area (Å²) in [6.45, 7) is 1.99. The Kier molecular flexibility index (Phi) is 4.42. The fourth-order valence-corrected chi connectivity index (χ4v) is 2.08. The summed E-state index contributed by atoms with van der Waals surface area (Å²) in [6, 6.07) is 0. The number of allylic oxidation sites excluding steroid dienone is 1. The highest BCUT2D eigenvalue weighted by atomic mass is 79.9. The molecule has 0 N–H and O–H groups in total. The van der Waals surface area contributed by atoms with Crippen LogP contribution in [0.15, 0.2) is 26.9 Å². The fraction of sp³-hybridized carbons (Fsp3) is 0.222. The Morgan fingerprint density at radius 1 is 1.46 bits per heavy atom. The van der Waals surface area contributed by atoms with Crippen molar-refractivity contribution in [3.8, 4) is 0 Å². The van der Waals surface area contributed by atoms with Gasteiger partial charge in [-0.25, -0.2) is 0 Å². The van der Waals surface area contributed by atoms with Crippen molar-refractivity contribution in [3.63, 3.8) is 0 Å². The summed E-state index contributed by atoms with van der Waals surface area (Å²) in [5, 5.41) is 0. The largest absolute Gasteiger partial charge is 0.262 e. The molecule has 0 aromatic carbocycles. The van der Waals surface area contributed by atoms with Gasteiger partial charge in [0, 0.05) is 32.8 Å². The predicted molar refractivity (Wildman–Crippen MR) is 64.0 cm³/mol. The van der Waals surface area contributed by atoms with E-state index >= 15 is 0 Å². The zero-order chi connectivity index (χ0) is 9.84. The molecule has 1 aromatic heterocycles. The summed E-state index contributed by atoms with van der Waals surface area (Å²) in [5.74, 6) is 0.543. The molecule has 0 saturated heterocycles. The zero-order valence-electron chi connectivity index (χ0n) is 7.02. The van der Waals surface area contributed by atoms with Gasteiger partial charge in [-0.2, -0.15) is 0 Å². The van der Waals surface area contributed by atoms with Crippen molar-refractivity contribution in [1.29, 1.82) is 0 Å². The van der Waals surface area contributed by atoms with Crippen molar-refractivity contribution in [2.45, 2.75) is 6.92 Å². The molecule has 0 unspecified atom stereocenters. The second-order valence-electron chi connectivity index (χ2n) is 2.64. The van der Waals surface area contributed by atoms with E-state index < -0.39 is 0 Å². The fourth-order valence-electron chi connectivity index (χ4n) is 0.844. The molecule has 0 fully saturated rings. The number of nitrogens with zero attached hydrogens (tertiary/aromatic N) is 1. The molecular weight excluding hydrogens is 317 g/mol. The minimum Gasteiger partial charge on any atom is -0.262 e. The molecule has 0 spiro atoms. The van der Waals surface area contributed by atoms with E-state index in [0.29, 0.717) is 5.88 Å². The number of halogens is 3. The summed E-state index contributed by atoms with van der Waals surface area (Å²) < 4.78 is 1.93. The summed E-state index contributed by atoms with van der Waals surface area (Å²) >= 11 is 12.5. The number of hydrogen-bond acceptors (Lipinski definition) is 1. The van der Waals surface area contributed by atoms with E-state index in [-0.39, 0.29) is 0 Å². The molecule has 0 bridgehead atoms. The quantitative estimate of drug-likeness (QED) is 0.741. The lowest BCUT2D eigenvalue weighted by Crippen LogP contribution is -1.84. The highest BCUT2D eigenvalue weighted by Crippen LogP contribution is 2.26. The van der Waals surface area contributed by atoms with Crippen LogP contribution in [0.25, 0.3) is 6.08 Å². The minimum atomic E-state index is 0.543. The van der Waals surface area contributed by atoms with Gasteiger partial charge in [0.05, 0.1) is 0 Å². The number of rotatable bonds is 2. The van der Waals surface area contributed by atoms with Gasteiger partial charge in [0.2, 0.25) is 0 Å². The lowest BCUT2D eigenvalue weighted by atomic mass is 10.2. The third-order valence-corrected chi connectivity index (χ3v) is 3.18. The average Bonchev–Trinajstić information content (AvgIpc) is 2.11. The summed E-state index contributed by atoms with van der Waals surface area (Å²) in [5.41, 5.74) is 2.20. The van der Waals surface area contributed by atoms with Gasteiger partial charge in [-0.1, -0.05) is 11.6 Å². The van der Waals surface area contributed by atoms with Gasteiger partial charge in [-0.3, -0.25) is 4.98 Å². The van der Waals surface area contributed by atoms with Gasteiger partial charge in [0.25, 0.3) is 0 Å². The predicted octanol–water partition coefficient (Wildman–Crippen LogP) is 4.25. The molecule has 1 rings (SSSR count). The van der Waals surface area contributed by atoms with E-state index in [1.165, 1.54) is 0 Å². The van der Waals surface area contributed by atoms with Gasteiger partial charge in [0.1, 0.15) is 0 Å². The molecule has 1 nitrogen and oxygen atoms in total. The summed E-state index contributed by atoms with van der Waals surface area (Å²) in [6.07, 6.45) is 5.55. The van der Waals surface area contributed by atoms with Crippen LogP contribution in [0, 0.1) is 0 Å². The van der Waals surface area contributed by atoms with E-state index in [4.69, 9.17) is 11.6 Å². The van der Waals surface area contributed by atoms with Crippen LogP contribution in [-0.2, 0) is 0 Å². The topological polar surface area (TPSA) is 12.9 Å². The van der Waals surface area contributed by atoms with Crippen LogP contribution >= 0.6 is 43.5 Å². The first-order valence-electron chi connectivity index (χ1n) is 3.67. The Bertz CT molecular complexity index is 316. The van der Waals surface area contributed by atoms with E-state index in [1.807, 2.05) is 13.0 Å². The smallest absolute Gasteiger partial charge is 0.0442 e. The van der Waals surface area contributed by atoms with Crippen LogP contribution < -0.4 is 0 Å². The molecule has 0 aliphatic rings. The van der Waals surface area contributed by atoms with Crippen LogP contribution in [0.2, 0.25) is 0 Å². The molecular formula is C9H8Br2ClN. The molecule has 13 heavy (non-hydrogen) atoms. The van der Waals surface area contributed by atoms with E-state index in [2.05, 4.69) is 36.8 Å². The lowest BCUT2D eigenvalue weighted by Gasteiger charge is -2.02. The molecule has 1 heterocycles. The SMILES string of the molecule is C/C(=C\c1c(Br)cncc1Br)CCl. The second-order valence-corrected chi connectivity index (χ2v) is 4.62. The monoisotopic (exact) mass is 323 g/mol. The Hall–Kier alpha value is 0.140. The summed E-state index contributed by atoms with van der Waals surface area (Å²) in [7, 11) is 0. The van der Waals surface area contributed by atoms with Crippen LogP contribution in [0.1, 0.15) is 12.5 Å². The van der Waals surface area contributed by atoms with Crippen molar-refractivity contribution in [2.24, 2.45) is 0 Å². The van der Waals surface area contributed by atoms with Crippen molar-refractivity contribution in [2.75, 3.05) is 5.88 Å². The first kappa shape index (κ1) is 11.2. The van der Waals surface area contributed by atoms with Crippen LogP contribution in [-0.4, -0.2) is 10.9 Å². The molecule has 0 atom stereocenters. The van der Waals surface area contributed by atoms with Crippen LogP contribution in [0.3, 0.4) is 0 Å². The van der Waals surface area contributed by atoms with Gasteiger partial charge in [-0.15, -0.1) is 11.6 Å². The minimum absolute atomic E-state index is 0.543. The number of aromatic nitrogens is 1. The normalized spacial score (nSPS) is 11.8. The van der Waals surface area contributed by atoms with Crippen LogP contribution in [0.5, 0.6) is 0 Å². The third kappa shape index (κ3) is 3.08. The maximum Gasteiger partial charge on any atom is 0.0442 e. The first-order valence-corrected chi connectivity index (χ1v) is 5.79.